The van der Waals surface area contributed by atoms with E-state index in [1.807, 2.05) is 29.1 Å². The number of para-hydroxylation sites is 1. The average molecular weight is 237 g/mol. The van der Waals surface area contributed by atoms with Crippen LogP contribution in [0.3, 0.4) is 0 Å². The molecule has 0 aliphatic heterocycles. The van der Waals surface area contributed by atoms with Crippen LogP contribution >= 0.6 is 0 Å². The van der Waals surface area contributed by atoms with E-state index >= 15 is 0 Å². The molecule has 90 valence electrons. The monoisotopic (exact) mass is 237 g/mol. The zero-order valence-electron chi connectivity index (χ0n) is 10.1. The van der Waals surface area contributed by atoms with Crippen molar-refractivity contribution in [3.8, 4) is 5.69 Å². The highest BCUT2D eigenvalue weighted by atomic mass is 15.3. The lowest BCUT2D eigenvalue weighted by atomic mass is 10.1. The Bertz CT molecular complexity index is 656. The molecule has 3 rings (SSSR count). The summed E-state index contributed by atoms with van der Waals surface area (Å²) in [5, 5.41) is 5.60. The molecule has 0 amide bonds. The summed E-state index contributed by atoms with van der Waals surface area (Å²) in [6.07, 6.45) is 2.80. The van der Waals surface area contributed by atoms with E-state index in [2.05, 4.69) is 35.4 Å². The first kappa shape index (κ1) is 11.0. The van der Waals surface area contributed by atoms with Crippen LogP contribution in [-0.2, 0) is 6.42 Å². The number of hydrogen-bond acceptors (Lipinski definition) is 2. The van der Waals surface area contributed by atoms with Gasteiger partial charge in [-0.15, -0.1) is 0 Å². The minimum Gasteiger partial charge on any atom is -0.330 e. The Kier molecular flexibility index (Phi) is 2.82. The van der Waals surface area contributed by atoms with Gasteiger partial charge in [0, 0.05) is 5.39 Å². The molecule has 0 spiro atoms. The van der Waals surface area contributed by atoms with Crippen molar-refractivity contribution < 1.29 is 0 Å². The number of hydrogen-bond donors (Lipinski definition) is 1. The van der Waals surface area contributed by atoms with Gasteiger partial charge < -0.3 is 5.73 Å². The molecule has 0 radical (unpaired) electrons. The Hall–Kier alpha value is -2.13. The predicted octanol–water partition coefficient (Wildman–Crippen LogP) is 2.53. The summed E-state index contributed by atoms with van der Waals surface area (Å²) in [5.74, 6) is 0. The lowest BCUT2D eigenvalue weighted by Gasteiger charge is -2.04. The third-order valence-corrected chi connectivity index (χ3v) is 3.07. The number of benzene rings is 2. The van der Waals surface area contributed by atoms with Crippen molar-refractivity contribution in [2.24, 2.45) is 5.73 Å². The number of nitrogens with zero attached hydrogens (tertiary/aromatic N) is 2. The number of rotatable bonds is 3. The summed E-state index contributed by atoms with van der Waals surface area (Å²) in [4.78, 5) is 0. The van der Waals surface area contributed by atoms with Crippen LogP contribution in [0.5, 0.6) is 0 Å². The topological polar surface area (TPSA) is 43.8 Å². The molecule has 3 aromatic rings. The maximum Gasteiger partial charge on any atom is 0.0743 e. The number of aromatic nitrogens is 2. The van der Waals surface area contributed by atoms with Gasteiger partial charge in [-0.3, -0.25) is 0 Å². The van der Waals surface area contributed by atoms with E-state index in [0.717, 1.165) is 23.0 Å². The first-order chi connectivity index (χ1) is 8.88. The van der Waals surface area contributed by atoms with E-state index in [1.165, 1.54) is 5.56 Å². The standard InChI is InChI=1S/C15H15N3/c16-9-8-12-6-7-13-11-17-18(15(13)10-12)14-4-2-1-3-5-14/h1-7,10-11H,8-9,16H2. The molecule has 0 saturated heterocycles. The Morgan fingerprint density at radius 3 is 2.67 bits per heavy atom. The van der Waals surface area contributed by atoms with Crippen molar-refractivity contribution in [3.05, 3.63) is 60.3 Å². The van der Waals surface area contributed by atoms with Gasteiger partial charge in [-0.05, 0) is 36.7 Å². The van der Waals surface area contributed by atoms with Gasteiger partial charge in [-0.2, -0.15) is 5.10 Å². The molecule has 0 fully saturated rings. The second-order valence-electron chi connectivity index (χ2n) is 4.32. The molecule has 1 aromatic heterocycles. The fourth-order valence-electron chi connectivity index (χ4n) is 2.16. The highest BCUT2D eigenvalue weighted by molar-refractivity contribution is 5.81. The van der Waals surface area contributed by atoms with Gasteiger partial charge in [-0.1, -0.05) is 30.3 Å². The minimum atomic E-state index is 0.672. The van der Waals surface area contributed by atoms with Crippen molar-refractivity contribution in [1.82, 2.24) is 9.78 Å². The summed E-state index contributed by atoms with van der Waals surface area (Å²) >= 11 is 0. The maximum atomic E-state index is 5.61. The third-order valence-electron chi connectivity index (χ3n) is 3.07. The first-order valence-corrected chi connectivity index (χ1v) is 6.10. The van der Waals surface area contributed by atoms with E-state index in [1.54, 1.807) is 0 Å². The van der Waals surface area contributed by atoms with E-state index < -0.39 is 0 Å². The van der Waals surface area contributed by atoms with Crippen LogP contribution in [0.2, 0.25) is 0 Å². The Labute approximate surface area is 106 Å². The normalized spacial score (nSPS) is 10.9. The molecule has 0 unspecified atom stereocenters. The van der Waals surface area contributed by atoms with Gasteiger partial charge in [0.2, 0.25) is 0 Å². The second-order valence-corrected chi connectivity index (χ2v) is 4.32. The van der Waals surface area contributed by atoms with Crippen LogP contribution in [0.25, 0.3) is 16.6 Å². The van der Waals surface area contributed by atoms with E-state index in [0.29, 0.717) is 6.54 Å². The Balaban J connectivity index is 2.15. The lowest BCUT2D eigenvalue weighted by molar-refractivity contribution is 0.907. The molecular weight excluding hydrogens is 222 g/mol. The molecule has 0 aliphatic rings. The van der Waals surface area contributed by atoms with Crippen molar-refractivity contribution in [2.45, 2.75) is 6.42 Å². The molecule has 1 heterocycles. The molecule has 3 heteroatoms. The van der Waals surface area contributed by atoms with E-state index in [-0.39, 0.29) is 0 Å². The maximum absolute atomic E-state index is 5.61. The molecule has 0 atom stereocenters. The average Bonchev–Trinajstić information content (AvgIpc) is 2.83. The van der Waals surface area contributed by atoms with Gasteiger partial charge in [-0.25, -0.2) is 4.68 Å². The summed E-state index contributed by atoms with van der Waals surface area (Å²) < 4.78 is 1.97. The van der Waals surface area contributed by atoms with Gasteiger partial charge >= 0.3 is 0 Å². The lowest BCUT2D eigenvalue weighted by Crippen LogP contribution is -2.03. The Morgan fingerprint density at radius 2 is 1.89 bits per heavy atom. The summed E-state index contributed by atoms with van der Waals surface area (Å²) in [6, 6.07) is 16.6. The van der Waals surface area contributed by atoms with Crippen LogP contribution in [-0.4, -0.2) is 16.3 Å². The molecule has 2 N–H and O–H groups in total. The molecule has 3 nitrogen and oxygen atoms in total. The van der Waals surface area contributed by atoms with Crippen LogP contribution in [0.4, 0.5) is 0 Å². The van der Waals surface area contributed by atoms with Crippen molar-refractivity contribution >= 4 is 10.9 Å². The largest absolute Gasteiger partial charge is 0.330 e. The summed E-state index contributed by atoms with van der Waals surface area (Å²) in [7, 11) is 0. The molecular formula is C15H15N3. The fourth-order valence-corrected chi connectivity index (χ4v) is 2.16. The number of fused-ring (bicyclic) bond motifs is 1. The SMILES string of the molecule is NCCc1ccc2cnn(-c3ccccc3)c2c1. The smallest absolute Gasteiger partial charge is 0.0743 e. The molecule has 2 aromatic carbocycles. The highest BCUT2D eigenvalue weighted by Gasteiger charge is 2.05. The zero-order chi connectivity index (χ0) is 12.4. The minimum absolute atomic E-state index is 0.672. The van der Waals surface area contributed by atoms with Crippen LogP contribution in [0.1, 0.15) is 5.56 Å². The van der Waals surface area contributed by atoms with E-state index in [4.69, 9.17) is 5.73 Å². The van der Waals surface area contributed by atoms with Crippen molar-refractivity contribution in [2.75, 3.05) is 6.54 Å². The number of nitrogens with two attached hydrogens (primary N) is 1. The molecule has 0 aliphatic carbocycles. The van der Waals surface area contributed by atoms with Gasteiger partial charge in [0.1, 0.15) is 0 Å². The Morgan fingerprint density at radius 1 is 1.06 bits per heavy atom. The van der Waals surface area contributed by atoms with Gasteiger partial charge in [0.15, 0.2) is 0 Å². The van der Waals surface area contributed by atoms with Crippen LogP contribution in [0, 0.1) is 0 Å². The van der Waals surface area contributed by atoms with Crippen LogP contribution in [0.15, 0.2) is 54.7 Å². The summed E-state index contributed by atoms with van der Waals surface area (Å²) in [6.45, 7) is 0.672. The molecule has 0 saturated carbocycles. The molecule has 18 heavy (non-hydrogen) atoms. The van der Waals surface area contributed by atoms with Crippen molar-refractivity contribution in [3.63, 3.8) is 0 Å². The summed E-state index contributed by atoms with van der Waals surface area (Å²) in [5.41, 5.74) is 9.07. The fraction of sp³-hybridized carbons (Fsp3) is 0.133. The van der Waals surface area contributed by atoms with Crippen LogP contribution < -0.4 is 5.73 Å². The van der Waals surface area contributed by atoms with Crippen molar-refractivity contribution in [1.29, 1.82) is 0 Å². The highest BCUT2D eigenvalue weighted by Crippen LogP contribution is 2.19. The third kappa shape index (κ3) is 1.89. The van der Waals surface area contributed by atoms with E-state index in [9.17, 15) is 0 Å². The molecule has 0 bridgehead atoms. The first-order valence-electron chi connectivity index (χ1n) is 6.10. The quantitative estimate of drug-likeness (QED) is 0.760. The second kappa shape index (κ2) is 4.63. The van der Waals surface area contributed by atoms with Gasteiger partial charge in [0.05, 0.1) is 17.4 Å². The predicted molar refractivity (Wildman–Crippen MR) is 73.8 cm³/mol. The van der Waals surface area contributed by atoms with Gasteiger partial charge in [0.25, 0.3) is 0 Å². The zero-order valence-corrected chi connectivity index (χ0v) is 10.1.